The molecule has 148 valence electrons. The van der Waals surface area contributed by atoms with Crippen molar-refractivity contribution in [3.05, 3.63) is 72.1 Å². The van der Waals surface area contributed by atoms with Crippen LogP contribution in [0.3, 0.4) is 0 Å². The Kier molecular flexibility index (Phi) is 5.55. The number of likely N-dealkylation sites (tertiary alicyclic amines) is 1. The summed E-state index contributed by atoms with van der Waals surface area (Å²) in [5, 5.41) is 10.9. The van der Waals surface area contributed by atoms with Gasteiger partial charge < -0.3 is 10.2 Å². The quantitative estimate of drug-likeness (QED) is 0.679. The molecule has 9 heteroatoms. The molecule has 1 atom stereocenters. The van der Waals surface area contributed by atoms with Crippen LogP contribution in [0, 0.1) is 0 Å². The Morgan fingerprint density at radius 2 is 1.90 bits per heavy atom. The molecule has 0 saturated carbocycles. The first kappa shape index (κ1) is 18.7. The van der Waals surface area contributed by atoms with Gasteiger partial charge in [-0.2, -0.15) is 0 Å². The molecule has 0 bridgehead atoms. The second-order valence-corrected chi connectivity index (χ2v) is 6.86. The maximum absolute atomic E-state index is 12.7. The highest BCUT2D eigenvalue weighted by Gasteiger charge is 2.31. The van der Waals surface area contributed by atoms with E-state index in [-0.39, 0.29) is 29.4 Å². The minimum atomic E-state index is -0.280. The lowest BCUT2D eigenvalue weighted by molar-refractivity contribution is 0.0708. The van der Waals surface area contributed by atoms with Crippen LogP contribution in [0.15, 0.2) is 55.0 Å². The highest BCUT2D eigenvalue weighted by molar-refractivity contribution is 5.92. The summed E-state index contributed by atoms with van der Waals surface area (Å²) in [5.74, 6) is -0.273. The summed E-state index contributed by atoms with van der Waals surface area (Å²) in [5.41, 5.74) is 1.26. The molecule has 29 heavy (non-hydrogen) atoms. The van der Waals surface area contributed by atoms with Gasteiger partial charge >= 0.3 is 0 Å². The van der Waals surface area contributed by atoms with Crippen molar-refractivity contribution in [2.24, 2.45) is 0 Å². The Morgan fingerprint density at radius 1 is 1.10 bits per heavy atom. The number of nitrogens with zero attached hydrogens (tertiary/aromatic N) is 6. The normalized spacial score (nSPS) is 16.0. The Hall–Kier alpha value is -3.62. The zero-order chi connectivity index (χ0) is 20.1. The van der Waals surface area contributed by atoms with Crippen LogP contribution in [-0.2, 0) is 13.1 Å². The third-order valence-electron chi connectivity index (χ3n) is 4.86. The number of amides is 2. The summed E-state index contributed by atoms with van der Waals surface area (Å²) in [6, 6.07) is 11.3. The number of aromatic nitrogens is 5. The minimum absolute atomic E-state index is 0.0340. The molecule has 1 aromatic carbocycles. The molecule has 1 aliphatic rings. The van der Waals surface area contributed by atoms with Gasteiger partial charge in [-0.05, 0) is 24.5 Å². The number of nitrogens with one attached hydrogen (secondary N) is 1. The van der Waals surface area contributed by atoms with Crippen LogP contribution >= 0.6 is 0 Å². The standard InChI is InChI=1S/C20H21N7O2/c28-19(23-12-15-6-2-1-3-7-15)17-14-26(25-24-17)13-16-8-4-11-27(16)20(29)18-21-9-5-10-22-18/h1-3,5-7,9-10,14,16H,4,8,11-13H2,(H,23,28)/t16-/m0/s1. The molecular weight excluding hydrogens is 370 g/mol. The third-order valence-corrected chi connectivity index (χ3v) is 4.86. The monoisotopic (exact) mass is 391 g/mol. The van der Waals surface area contributed by atoms with Crippen LogP contribution in [0.1, 0.15) is 39.5 Å². The second kappa shape index (κ2) is 8.59. The van der Waals surface area contributed by atoms with Gasteiger partial charge in [0.15, 0.2) is 5.69 Å². The van der Waals surface area contributed by atoms with Crippen molar-refractivity contribution in [3.63, 3.8) is 0 Å². The number of carbonyl (C=O) groups is 2. The van der Waals surface area contributed by atoms with E-state index < -0.39 is 0 Å². The van der Waals surface area contributed by atoms with Gasteiger partial charge in [0.2, 0.25) is 5.82 Å². The fourth-order valence-electron chi connectivity index (χ4n) is 3.41. The predicted molar refractivity (Wildman–Crippen MR) is 104 cm³/mol. The van der Waals surface area contributed by atoms with E-state index in [1.807, 2.05) is 30.3 Å². The van der Waals surface area contributed by atoms with Crippen molar-refractivity contribution in [3.8, 4) is 0 Å². The molecular formula is C20H21N7O2. The van der Waals surface area contributed by atoms with Gasteiger partial charge in [0.05, 0.1) is 18.8 Å². The third kappa shape index (κ3) is 4.45. The zero-order valence-corrected chi connectivity index (χ0v) is 15.8. The number of rotatable bonds is 6. The highest BCUT2D eigenvalue weighted by Crippen LogP contribution is 2.20. The van der Waals surface area contributed by atoms with Gasteiger partial charge in [-0.25, -0.2) is 14.6 Å². The lowest BCUT2D eigenvalue weighted by atomic mass is 10.2. The van der Waals surface area contributed by atoms with Crippen LogP contribution in [0.5, 0.6) is 0 Å². The molecule has 1 saturated heterocycles. The van der Waals surface area contributed by atoms with Crippen molar-refractivity contribution in [1.82, 2.24) is 35.2 Å². The molecule has 0 radical (unpaired) electrons. The van der Waals surface area contributed by atoms with Crippen LogP contribution in [0.2, 0.25) is 0 Å². The molecule has 4 rings (SSSR count). The molecule has 1 N–H and O–H groups in total. The van der Waals surface area contributed by atoms with Crippen molar-refractivity contribution in [2.45, 2.75) is 32.0 Å². The van der Waals surface area contributed by atoms with Gasteiger partial charge in [0.1, 0.15) is 0 Å². The first-order valence-electron chi connectivity index (χ1n) is 9.51. The molecule has 3 heterocycles. The molecule has 9 nitrogen and oxygen atoms in total. The lowest BCUT2D eigenvalue weighted by Gasteiger charge is -2.23. The van der Waals surface area contributed by atoms with E-state index in [9.17, 15) is 9.59 Å². The fourth-order valence-corrected chi connectivity index (χ4v) is 3.41. The lowest BCUT2D eigenvalue weighted by Crippen LogP contribution is -2.39. The van der Waals surface area contributed by atoms with Crippen molar-refractivity contribution < 1.29 is 9.59 Å². The number of hydrogen-bond acceptors (Lipinski definition) is 6. The van der Waals surface area contributed by atoms with Gasteiger partial charge in [0.25, 0.3) is 11.8 Å². The molecule has 0 aliphatic carbocycles. The van der Waals surface area contributed by atoms with Gasteiger partial charge in [-0.1, -0.05) is 35.5 Å². The summed E-state index contributed by atoms with van der Waals surface area (Å²) < 4.78 is 1.61. The summed E-state index contributed by atoms with van der Waals surface area (Å²) in [4.78, 5) is 34.9. The van der Waals surface area contributed by atoms with Crippen LogP contribution < -0.4 is 5.32 Å². The Morgan fingerprint density at radius 3 is 2.69 bits per heavy atom. The number of carbonyl (C=O) groups excluding carboxylic acids is 2. The first-order valence-corrected chi connectivity index (χ1v) is 9.51. The van der Waals surface area contributed by atoms with E-state index in [1.54, 1.807) is 34.2 Å². The van der Waals surface area contributed by atoms with Crippen molar-refractivity contribution in [1.29, 1.82) is 0 Å². The SMILES string of the molecule is O=C(NCc1ccccc1)c1cn(C[C@@H]2CCCN2C(=O)c2ncccn2)nn1. The molecule has 1 fully saturated rings. The Bertz CT molecular complexity index is 975. The van der Waals surface area contributed by atoms with E-state index in [1.165, 1.54) is 0 Å². The Labute approximate surface area is 167 Å². The molecule has 0 spiro atoms. The average Bonchev–Trinajstić information content (AvgIpc) is 3.43. The maximum atomic E-state index is 12.7. The smallest absolute Gasteiger partial charge is 0.291 e. The number of benzene rings is 1. The van der Waals surface area contributed by atoms with Crippen LogP contribution in [-0.4, -0.2) is 54.3 Å². The van der Waals surface area contributed by atoms with Gasteiger partial charge in [0, 0.05) is 25.5 Å². The number of hydrogen-bond donors (Lipinski definition) is 1. The molecule has 0 unspecified atom stereocenters. The van der Waals surface area contributed by atoms with Gasteiger partial charge in [-0.3, -0.25) is 9.59 Å². The minimum Gasteiger partial charge on any atom is -0.347 e. The topological polar surface area (TPSA) is 106 Å². The Balaban J connectivity index is 1.37. The zero-order valence-electron chi connectivity index (χ0n) is 15.8. The molecule has 3 aromatic rings. The average molecular weight is 391 g/mol. The first-order chi connectivity index (χ1) is 14.2. The van der Waals surface area contributed by atoms with E-state index in [0.29, 0.717) is 19.6 Å². The molecule has 2 amide bonds. The fraction of sp³-hybridized carbons (Fsp3) is 0.300. The summed E-state index contributed by atoms with van der Waals surface area (Å²) in [6.07, 6.45) is 6.49. The molecule has 1 aliphatic heterocycles. The largest absolute Gasteiger partial charge is 0.347 e. The summed E-state index contributed by atoms with van der Waals surface area (Å²) in [6.45, 7) is 1.55. The van der Waals surface area contributed by atoms with E-state index >= 15 is 0 Å². The maximum Gasteiger partial charge on any atom is 0.291 e. The van der Waals surface area contributed by atoms with E-state index in [2.05, 4.69) is 25.6 Å². The predicted octanol–water partition coefficient (Wildman–Crippen LogP) is 1.30. The molecule has 2 aromatic heterocycles. The van der Waals surface area contributed by atoms with Crippen molar-refractivity contribution >= 4 is 11.8 Å². The highest BCUT2D eigenvalue weighted by atomic mass is 16.2. The van der Waals surface area contributed by atoms with Gasteiger partial charge in [-0.15, -0.1) is 5.10 Å². The van der Waals surface area contributed by atoms with Crippen LogP contribution in [0.25, 0.3) is 0 Å². The van der Waals surface area contributed by atoms with Crippen LogP contribution in [0.4, 0.5) is 0 Å². The summed E-state index contributed by atoms with van der Waals surface area (Å²) in [7, 11) is 0. The second-order valence-electron chi connectivity index (χ2n) is 6.86. The summed E-state index contributed by atoms with van der Waals surface area (Å²) >= 11 is 0. The van der Waals surface area contributed by atoms with E-state index in [0.717, 1.165) is 18.4 Å². The van der Waals surface area contributed by atoms with E-state index in [4.69, 9.17) is 0 Å². The van der Waals surface area contributed by atoms with Crippen molar-refractivity contribution in [2.75, 3.05) is 6.54 Å².